The predicted molar refractivity (Wildman–Crippen MR) is 64.0 cm³/mol. The van der Waals surface area contributed by atoms with Crippen molar-refractivity contribution in [3.8, 4) is 0 Å². The molecule has 1 aliphatic rings. The van der Waals surface area contributed by atoms with E-state index in [4.69, 9.17) is 5.73 Å². The van der Waals surface area contributed by atoms with E-state index in [1.165, 1.54) is 12.1 Å². The molecule has 1 aromatic carbocycles. The molecule has 1 heterocycles. The van der Waals surface area contributed by atoms with Crippen LogP contribution in [0.4, 0.5) is 4.39 Å². The first kappa shape index (κ1) is 12.0. The highest BCUT2D eigenvalue weighted by Gasteiger charge is 2.27. The van der Waals surface area contributed by atoms with E-state index >= 15 is 0 Å². The van der Waals surface area contributed by atoms with Gasteiger partial charge >= 0.3 is 0 Å². The molecule has 2 rings (SSSR count). The van der Waals surface area contributed by atoms with Gasteiger partial charge in [-0.3, -0.25) is 4.79 Å². The van der Waals surface area contributed by atoms with E-state index in [1.54, 1.807) is 17.9 Å². The summed E-state index contributed by atoms with van der Waals surface area (Å²) in [4.78, 5) is 13.1. The average molecular weight is 236 g/mol. The van der Waals surface area contributed by atoms with Crippen LogP contribution in [-0.4, -0.2) is 29.9 Å². The molecule has 4 heteroatoms. The molecule has 0 aromatic heterocycles. The quantitative estimate of drug-likeness (QED) is 0.803. The Kier molecular flexibility index (Phi) is 3.43. The van der Waals surface area contributed by atoms with Gasteiger partial charge in [-0.15, -0.1) is 0 Å². The largest absolute Gasteiger partial charge is 0.341 e. The molecule has 2 unspecified atom stereocenters. The van der Waals surface area contributed by atoms with Crippen molar-refractivity contribution in [3.05, 3.63) is 35.6 Å². The summed E-state index contributed by atoms with van der Waals surface area (Å²) in [5.41, 5.74) is 6.86. The molecular formula is C13H17FN2O. The Hall–Kier alpha value is -1.42. The van der Waals surface area contributed by atoms with Gasteiger partial charge in [-0.2, -0.15) is 0 Å². The second-order valence-electron chi connectivity index (χ2n) is 4.67. The molecule has 1 fully saturated rings. The summed E-state index contributed by atoms with van der Waals surface area (Å²) in [7, 11) is 0. The van der Waals surface area contributed by atoms with Crippen molar-refractivity contribution >= 4 is 5.91 Å². The van der Waals surface area contributed by atoms with Crippen LogP contribution in [0.3, 0.4) is 0 Å². The van der Waals surface area contributed by atoms with E-state index in [0.29, 0.717) is 13.1 Å². The fraction of sp³-hybridized carbons (Fsp3) is 0.462. The molecular weight excluding hydrogens is 219 g/mol. The minimum Gasteiger partial charge on any atom is -0.341 e. The number of benzene rings is 1. The third kappa shape index (κ3) is 2.82. The fourth-order valence-corrected chi connectivity index (χ4v) is 2.40. The third-order valence-electron chi connectivity index (χ3n) is 3.25. The summed E-state index contributed by atoms with van der Waals surface area (Å²) in [5, 5.41) is 0. The molecule has 3 nitrogen and oxygen atoms in total. The lowest BCUT2D eigenvalue weighted by Crippen LogP contribution is -2.48. The number of piperidine rings is 1. The van der Waals surface area contributed by atoms with E-state index in [9.17, 15) is 9.18 Å². The van der Waals surface area contributed by atoms with Crippen LogP contribution in [0.15, 0.2) is 24.3 Å². The van der Waals surface area contributed by atoms with Crippen molar-refractivity contribution < 1.29 is 9.18 Å². The molecule has 0 bridgehead atoms. The van der Waals surface area contributed by atoms with Crippen LogP contribution in [0.2, 0.25) is 0 Å². The molecule has 1 aliphatic heterocycles. The summed E-state index contributed by atoms with van der Waals surface area (Å²) < 4.78 is 13.2. The predicted octanol–water partition coefficient (Wildman–Crippen LogP) is 1.49. The van der Waals surface area contributed by atoms with Gasteiger partial charge in [0.2, 0.25) is 5.91 Å². The van der Waals surface area contributed by atoms with Crippen LogP contribution in [0, 0.1) is 5.82 Å². The van der Waals surface area contributed by atoms with Crippen molar-refractivity contribution in [2.24, 2.45) is 5.73 Å². The standard InChI is InChI=1S/C13H17FN2O/c1-9(17)16-7-11(6-13(15)8-16)10-3-2-4-12(14)5-10/h2-5,11,13H,6-8,15H2,1H3. The molecule has 1 amide bonds. The normalized spacial score (nSPS) is 24.8. The smallest absolute Gasteiger partial charge is 0.219 e. The van der Waals surface area contributed by atoms with Gasteiger partial charge in [-0.1, -0.05) is 12.1 Å². The average Bonchev–Trinajstić information content (AvgIpc) is 2.28. The number of amides is 1. The lowest BCUT2D eigenvalue weighted by atomic mass is 9.88. The number of nitrogens with zero attached hydrogens (tertiary/aromatic N) is 1. The van der Waals surface area contributed by atoms with E-state index in [1.807, 2.05) is 6.07 Å². The molecule has 0 spiro atoms. The van der Waals surface area contributed by atoms with Crippen molar-refractivity contribution in [2.45, 2.75) is 25.3 Å². The molecule has 92 valence electrons. The summed E-state index contributed by atoms with van der Waals surface area (Å²) in [6, 6.07) is 6.52. The van der Waals surface area contributed by atoms with Crippen molar-refractivity contribution in [1.82, 2.24) is 4.90 Å². The molecule has 0 radical (unpaired) electrons. The zero-order chi connectivity index (χ0) is 12.4. The minimum absolute atomic E-state index is 0.0269. The fourth-order valence-electron chi connectivity index (χ4n) is 2.40. The molecule has 0 saturated carbocycles. The SMILES string of the molecule is CC(=O)N1CC(N)CC(c2cccc(F)c2)C1. The Balaban J connectivity index is 2.18. The number of rotatable bonds is 1. The number of halogens is 1. The van der Waals surface area contributed by atoms with Gasteiger partial charge in [0.15, 0.2) is 0 Å². The maximum atomic E-state index is 13.2. The number of hydrogen-bond acceptors (Lipinski definition) is 2. The summed E-state index contributed by atoms with van der Waals surface area (Å²) in [5.74, 6) is -0.0732. The number of carbonyl (C=O) groups excluding carboxylic acids is 1. The zero-order valence-corrected chi connectivity index (χ0v) is 9.90. The first-order valence-electron chi connectivity index (χ1n) is 5.83. The maximum Gasteiger partial charge on any atom is 0.219 e. The first-order chi connectivity index (χ1) is 8.06. The van der Waals surface area contributed by atoms with Gasteiger partial charge in [0.25, 0.3) is 0 Å². The van der Waals surface area contributed by atoms with E-state index in [2.05, 4.69) is 0 Å². The second-order valence-corrected chi connectivity index (χ2v) is 4.67. The van der Waals surface area contributed by atoms with Gasteiger partial charge in [0, 0.05) is 32.0 Å². The van der Waals surface area contributed by atoms with Crippen LogP contribution in [0.5, 0.6) is 0 Å². The molecule has 1 aromatic rings. The second kappa shape index (κ2) is 4.84. The van der Waals surface area contributed by atoms with Crippen molar-refractivity contribution in [1.29, 1.82) is 0 Å². The van der Waals surface area contributed by atoms with Crippen LogP contribution >= 0.6 is 0 Å². The molecule has 1 saturated heterocycles. The van der Waals surface area contributed by atoms with Gasteiger partial charge in [0.1, 0.15) is 5.82 Å². The minimum atomic E-state index is -0.240. The lowest BCUT2D eigenvalue weighted by Gasteiger charge is -2.36. The van der Waals surface area contributed by atoms with E-state index in [-0.39, 0.29) is 23.7 Å². The molecule has 2 atom stereocenters. The molecule has 2 N–H and O–H groups in total. The summed E-state index contributed by atoms with van der Waals surface area (Å²) in [6.07, 6.45) is 0.799. The van der Waals surface area contributed by atoms with E-state index in [0.717, 1.165) is 12.0 Å². The molecule has 0 aliphatic carbocycles. The van der Waals surface area contributed by atoms with Gasteiger partial charge in [0.05, 0.1) is 0 Å². The van der Waals surface area contributed by atoms with Crippen LogP contribution in [0.1, 0.15) is 24.8 Å². The Morgan fingerprint density at radius 3 is 2.88 bits per heavy atom. The first-order valence-corrected chi connectivity index (χ1v) is 5.83. The zero-order valence-electron chi connectivity index (χ0n) is 9.90. The Bertz CT molecular complexity index is 422. The van der Waals surface area contributed by atoms with Gasteiger partial charge in [-0.05, 0) is 24.1 Å². The lowest BCUT2D eigenvalue weighted by molar-refractivity contribution is -0.130. The van der Waals surface area contributed by atoms with Crippen molar-refractivity contribution in [2.75, 3.05) is 13.1 Å². The number of carbonyl (C=O) groups is 1. The highest BCUT2D eigenvalue weighted by molar-refractivity contribution is 5.73. The Labute approximate surface area is 100 Å². The maximum absolute atomic E-state index is 13.2. The van der Waals surface area contributed by atoms with Gasteiger partial charge in [-0.25, -0.2) is 4.39 Å². The van der Waals surface area contributed by atoms with Crippen LogP contribution in [0.25, 0.3) is 0 Å². The third-order valence-corrected chi connectivity index (χ3v) is 3.25. The summed E-state index contributed by atoms with van der Waals surface area (Å²) in [6.45, 7) is 2.77. The Morgan fingerprint density at radius 2 is 2.24 bits per heavy atom. The van der Waals surface area contributed by atoms with E-state index < -0.39 is 0 Å². The summed E-state index contributed by atoms with van der Waals surface area (Å²) >= 11 is 0. The van der Waals surface area contributed by atoms with Crippen molar-refractivity contribution in [3.63, 3.8) is 0 Å². The highest BCUT2D eigenvalue weighted by atomic mass is 19.1. The highest BCUT2D eigenvalue weighted by Crippen LogP contribution is 2.26. The monoisotopic (exact) mass is 236 g/mol. The topological polar surface area (TPSA) is 46.3 Å². The van der Waals surface area contributed by atoms with Crippen LogP contribution < -0.4 is 5.73 Å². The number of likely N-dealkylation sites (tertiary alicyclic amines) is 1. The number of hydrogen-bond donors (Lipinski definition) is 1. The number of nitrogens with two attached hydrogens (primary N) is 1. The molecule has 17 heavy (non-hydrogen) atoms. The van der Waals surface area contributed by atoms with Crippen LogP contribution in [-0.2, 0) is 4.79 Å². The van der Waals surface area contributed by atoms with Gasteiger partial charge < -0.3 is 10.6 Å². The Morgan fingerprint density at radius 1 is 1.47 bits per heavy atom.